The summed E-state index contributed by atoms with van der Waals surface area (Å²) in [6, 6.07) is 16.9. The van der Waals surface area contributed by atoms with Gasteiger partial charge in [0, 0.05) is 6.54 Å². The SMILES string of the molecule is Nc1ccccc1OCCOCCOCCOCCOCCOCCOCCOCCOCCOCCNC(=O)OCc1ccccc1. The predicted octanol–water partition coefficient (Wildman–Crippen LogP) is 2.72. The van der Waals surface area contributed by atoms with E-state index < -0.39 is 6.09 Å². The molecule has 0 saturated carbocycles. The molecule has 0 aromatic heterocycles. The molecule has 0 spiro atoms. The van der Waals surface area contributed by atoms with Crippen molar-refractivity contribution in [2.75, 3.05) is 138 Å². The van der Waals surface area contributed by atoms with Crippen molar-refractivity contribution < 1.29 is 56.9 Å². The lowest BCUT2D eigenvalue weighted by atomic mass is 10.2. The van der Waals surface area contributed by atoms with Crippen LogP contribution in [0.2, 0.25) is 0 Å². The molecule has 0 aliphatic carbocycles. The zero-order chi connectivity index (χ0) is 34.0. The molecular weight excluding hydrogens is 628 g/mol. The van der Waals surface area contributed by atoms with Gasteiger partial charge in [0.15, 0.2) is 0 Å². The monoisotopic (exact) mass is 682 g/mol. The molecule has 0 saturated heterocycles. The van der Waals surface area contributed by atoms with Gasteiger partial charge in [0.25, 0.3) is 0 Å². The summed E-state index contributed by atoms with van der Waals surface area (Å²) in [5, 5.41) is 2.64. The number of rotatable bonds is 33. The molecule has 3 N–H and O–H groups in total. The van der Waals surface area contributed by atoms with Crippen molar-refractivity contribution in [3.63, 3.8) is 0 Å². The summed E-state index contributed by atoms with van der Waals surface area (Å²) in [6.45, 7) is 9.59. The molecule has 0 heterocycles. The number of benzene rings is 2. The number of hydrogen-bond donors (Lipinski definition) is 2. The largest absolute Gasteiger partial charge is 0.489 e. The molecule has 14 nitrogen and oxygen atoms in total. The molecule has 272 valence electrons. The first-order valence-corrected chi connectivity index (χ1v) is 16.4. The number of alkyl carbamates (subject to hydrolysis) is 1. The van der Waals surface area contributed by atoms with Crippen LogP contribution < -0.4 is 15.8 Å². The van der Waals surface area contributed by atoms with Crippen LogP contribution in [0.25, 0.3) is 0 Å². The zero-order valence-electron chi connectivity index (χ0n) is 28.0. The Morgan fingerprint density at radius 1 is 0.479 bits per heavy atom. The fourth-order valence-electron chi connectivity index (χ4n) is 3.68. The molecule has 2 aromatic rings. The van der Waals surface area contributed by atoms with Crippen LogP contribution in [0.15, 0.2) is 54.6 Å². The topological polar surface area (TPSA) is 157 Å². The van der Waals surface area contributed by atoms with E-state index in [9.17, 15) is 4.79 Å². The van der Waals surface area contributed by atoms with Crippen LogP contribution in [0.1, 0.15) is 5.56 Å². The van der Waals surface area contributed by atoms with E-state index in [1.165, 1.54) is 0 Å². The van der Waals surface area contributed by atoms with Crippen LogP contribution in [0.5, 0.6) is 5.75 Å². The number of anilines is 1. The fourth-order valence-corrected chi connectivity index (χ4v) is 3.68. The lowest BCUT2D eigenvalue weighted by molar-refractivity contribution is -0.0253. The van der Waals surface area contributed by atoms with Gasteiger partial charge < -0.3 is 63.2 Å². The number of para-hydroxylation sites is 2. The summed E-state index contributed by atoms with van der Waals surface area (Å²) in [6.07, 6.45) is -0.470. The molecule has 0 radical (unpaired) electrons. The standard InChI is InChI=1S/C34H54N2O12/c35-32-8-4-5-9-33(32)47-29-28-46-27-26-45-25-24-44-23-22-43-21-20-42-19-18-41-17-16-40-15-14-39-13-12-38-11-10-36-34(37)48-30-31-6-2-1-3-7-31/h1-9H,10-30,35H2,(H,36,37). The maximum Gasteiger partial charge on any atom is 0.407 e. The van der Waals surface area contributed by atoms with Crippen molar-refractivity contribution in [1.82, 2.24) is 5.32 Å². The van der Waals surface area contributed by atoms with Gasteiger partial charge in [-0.3, -0.25) is 0 Å². The van der Waals surface area contributed by atoms with Gasteiger partial charge in [-0.1, -0.05) is 42.5 Å². The second-order valence-electron chi connectivity index (χ2n) is 9.89. The van der Waals surface area contributed by atoms with E-state index in [2.05, 4.69) is 5.32 Å². The van der Waals surface area contributed by atoms with Gasteiger partial charge in [-0.15, -0.1) is 0 Å². The number of nitrogens with two attached hydrogens (primary N) is 1. The van der Waals surface area contributed by atoms with E-state index in [0.717, 1.165) is 5.56 Å². The number of nitrogen functional groups attached to an aromatic ring is 1. The van der Waals surface area contributed by atoms with E-state index in [-0.39, 0.29) is 6.61 Å². The lowest BCUT2D eigenvalue weighted by Crippen LogP contribution is -2.28. The highest BCUT2D eigenvalue weighted by Crippen LogP contribution is 2.19. The van der Waals surface area contributed by atoms with Crippen molar-refractivity contribution in [2.45, 2.75) is 6.61 Å². The van der Waals surface area contributed by atoms with Crippen LogP contribution in [0.4, 0.5) is 10.5 Å². The van der Waals surface area contributed by atoms with Gasteiger partial charge >= 0.3 is 6.09 Å². The van der Waals surface area contributed by atoms with Crippen molar-refractivity contribution in [3.05, 3.63) is 60.2 Å². The normalized spacial score (nSPS) is 11.1. The minimum atomic E-state index is -0.470. The van der Waals surface area contributed by atoms with Gasteiger partial charge in [0.05, 0.1) is 125 Å². The number of carbonyl (C=O) groups excluding carboxylic acids is 1. The first-order valence-electron chi connectivity index (χ1n) is 16.4. The molecule has 48 heavy (non-hydrogen) atoms. The van der Waals surface area contributed by atoms with Crippen molar-refractivity contribution in [2.24, 2.45) is 0 Å². The smallest absolute Gasteiger partial charge is 0.407 e. The molecule has 1 amide bonds. The van der Waals surface area contributed by atoms with E-state index in [1.807, 2.05) is 48.5 Å². The quantitative estimate of drug-likeness (QED) is 0.0838. The maximum absolute atomic E-state index is 11.6. The second kappa shape index (κ2) is 31.2. The van der Waals surface area contributed by atoms with Crippen LogP contribution in [0.3, 0.4) is 0 Å². The lowest BCUT2D eigenvalue weighted by Gasteiger charge is -2.10. The van der Waals surface area contributed by atoms with Crippen LogP contribution in [-0.4, -0.2) is 138 Å². The molecule has 0 fully saturated rings. The Balaban J connectivity index is 1.16. The Kier molecular flexibility index (Phi) is 26.8. The third-order valence-electron chi connectivity index (χ3n) is 6.11. The van der Waals surface area contributed by atoms with E-state index >= 15 is 0 Å². The number of ether oxygens (including phenoxy) is 11. The van der Waals surface area contributed by atoms with Gasteiger partial charge in [0.2, 0.25) is 0 Å². The van der Waals surface area contributed by atoms with Gasteiger partial charge in [-0.2, -0.15) is 0 Å². The van der Waals surface area contributed by atoms with Crippen LogP contribution in [0, 0.1) is 0 Å². The summed E-state index contributed by atoms with van der Waals surface area (Å²) in [5.74, 6) is 0.664. The van der Waals surface area contributed by atoms with E-state index in [1.54, 1.807) is 6.07 Å². The minimum Gasteiger partial charge on any atom is -0.489 e. The fraction of sp³-hybridized carbons (Fsp3) is 0.618. The molecule has 0 atom stereocenters. The third-order valence-corrected chi connectivity index (χ3v) is 6.11. The summed E-state index contributed by atoms with van der Waals surface area (Å²) in [7, 11) is 0. The summed E-state index contributed by atoms with van der Waals surface area (Å²) < 4.78 is 59.9. The Bertz CT molecular complexity index is 1010. The third kappa shape index (κ3) is 25.0. The molecular formula is C34H54N2O12. The Morgan fingerprint density at radius 2 is 0.854 bits per heavy atom. The molecule has 14 heteroatoms. The first-order chi connectivity index (χ1) is 23.8. The zero-order valence-corrected chi connectivity index (χ0v) is 28.0. The Labute approximate surface area is 284 Å². The number of hydrogen-bond acceptors (Lipinski definition) is 13. The van der Waals surface area contributed by atoms with E-state index in [4.69, 9.17) is 57.8 Å². The molecule has 0 aliphatic heterocycles. The van der Waals surface area contributed by atoms with Gasteiger partial charge in [0.1, 0.15) is 19.0 Å². The molecule has 0 unspecified atom stereocenters. The number of carbonyl (C=O) groups is 1. The highest BCUT2D eigenvalue weighted by Gasteiger charge is 2.02. The molecule has 2 rings (SSSR count). The summed E-state index contributed by atoms with van der Waals surface area (Å²) in [5.41, 5.74) is 7.37. The molecule has 0 bridgehead atoms. The van der Waals surface area contributed by atoms with E-state index in [0.29, 0.717) is 144 Å². The predicted molar refractivity (Wildman–Crippen MR) is 178 cm³/mol. The van der Waals surface area contributed by atoms with Crippen molar-refractivity contribution >= 4 is 11.8 Å². The summed E-state index contributed by atoms with van der Waals surface area (Å²) >= 11 is 0. The van der Waals surface area contributed by atoms with Crippen LogP contribution >= 0.6 is 0 Å². The first kappa shape index (κ1) is 41.1. The average molecular weight is 683 g/mol. The summed E-state index contributed by atoms with van der Waals surface area (Å²) in [4.78, 5) is 11.6. The van der Waals surface area contributed by atoms with Gasteiger partial charge in [-0.05, 0) is 17.7 Å². The second-order valence-corrected chi connectivity index (χ2v) is 9.89. The highest BCUT2D eigenvalue weighted by atomic mass is 16.6. The van der Waals surface area contributed by atoms with Crippen molar-refractivity contribution in [3.8, 4) is 5.75 Å². The Hall–Kier alpha value is -3.05. The number of amides is 1. The average Bonchev–Trinajstić information content (AvgIpc) is 3.11. The van der Waals surface area contributed by atoms with Gasteiger partial charge in [-0.25, -0.2) is 4.79 Å². The maximum atomic E-state index is 11.6. The molecule has 0 aliphatic rings. The Morgan fingerprint density at radius 3 is 1.29 bits per heavy atom. The van der Waals surface area contributed by atoms with Crippen LogP contribution in [-0.2, 0) is 54.0 Å². The highest BCUT2D eigenvalue weighted by molar-refractivity contribution is 5.67. The number of nitrogens with one attached hydrogen (secondary N) is 1. The minimum absolute atomic E-state index is 0.237. The molecule has 2 aromatic carbocycles. The van der Waals surface area contributed by atoms with Crippen molar-refractivity contribution in [1.29, 1.82) is 0 Å².